The summed E-state index contributed by atoms with van der Waals surface area (Å²) in [5, 5.41) is 5.20. The lowest BCUT2D eigenvalue weighted by Gasteiger charge is -2.29. The maximum Gasteiger partial charge on any atom is 0.322 e. The van der Waals surface area contributed by atoms with Crippen LogP contribution in [-0.4, -0.2) is 46.7 Å². The highest BCUT2D eigenvalue weighted by atomic mass is 16.5. The van der Waals surface area contributed by atoms with Gasteiger partial charge in [-0.3, -0.25) is 19.7 Å². The Labute approximate surface area is 184 Å². The molecule has 1 fully saturated rings. The van der Waals surface area contributed by atoms with Gasteiger partial charge in [0.2, 0.25) is 11.8 Å². The molecule has 0 radical (unpaired) electrons. The van der Waals surface area contributed by atoms with Crippen LogP contribution in [0.15, 0.2) is 36.4 Å². The molecule has 9 nitrogen and oxygen atoms in total. The molecule has 0 aromatic heterocycles. The Morgan fingerprint density at radius 2 is 1.84 bits per heavy atom. The molecule has 2 aromatic carbocycles. The predicted molar refractivity (Wildman–Crippen MR) is 114 cm³/mol. The summed E-state index contributed by atoms with van der Waals surface area (Å²) >= 11 is 0. The van der Waals surface area contributed by atoms with Crippen LogP contribution in [0.1, 0.15) is 39.9 Å². The minimum Gasteiger partial charge on any atom is -0.497 e. The van der Waals surface area contributed by atoms with E-state index in [1.165, 1.54) is 4.90 Å². The molecule has 2 N–H and O–H groups in total. The Bertz CT molecular complexity index is 1160. The van der Waals surface area contributed by atoms with Crippen molar-refractivity contribution in [3.8, 4) is 5.75 Å². The lowest BCUT2D eigenvalue weighted by atomic mass is 10.0. The van der Waals surface area contributed by atoms with Crippen LogP contribution in [0.2, 0.25) is 0 Å². The summed E-state index contributed by atoms with van der Waals surface area (Å²) in [6.07, 6.45) is 0.524. The first-order chi connectivity index (χ1) is 15.4. The van der Waals surface area contributed by atoms with Gasteiger partial charge in [0.05, 0.1) is 7.11 Å². The van der Waals surface area contributed by atoms with Gasteiger partial charge < -0.3 is 19.9 Å². The third-order valence-corrected chi connectivity index (χ3v) is 6.20. The number of fused-ring (bicyclic) bond motifs is 2. The number of carbonyl (C=O) groups excluding carboxylic acids is 4. The van der Waals surface area contributed by atoms with Gasteiger partial charge >= 0.3 is 6.03 Å². The number of benzene rings is 2. The van der Waals surface area contributed by atoms with Crippen molar-refractivity contribution in [1.82, 2.24) is 15.1 Å². The lowest BCUT2D eigenvalue weighted by Crippen LogP contribution is -2.52. The number of imide groups is 1. The van der Waals surface area contributed by atoms with Crippen LogP contribution in [0.25, 0.3) is 0 Å². The molecule has 0 aliphatic carbocycles. The van der Waals surface area contributed by atoms with E-state index < -0.39 is 11.9 Å². The van der Waals surface area contributed by atoms with E-state index >= 15 is 0 Å². The van der Waals surface area contributed by atoms with Crippen molar-refractivity contribution in [1.29, 1.82) is 0 Å². The number of ether oxygens (including phenoxy) is 1. The third kappa shape index (κ3) is 3.45. The molecule has 3 heterocycles. The molecule has 32 heavy (non-hydrogen) atoms. The maximum atomic E-state index is 12.8. The molecule has 2 aromatic rings. The Kier molecular flexibility index (Phi) is 4.80. The van der Waals surface area contributed by atoms with Gasteiger partial charge in [-0.15, -0.1) is 0 Å². The molecule has 164 valence electrons. The van der Waals surface area contributed by atoms with Crippen LogP contribution in [0, 0.1) is 0 Å². The number of hydrogen-bond donors (Lipinski definition) is 2. The van der Waals surface area contributed by atoms with Gasteiger partial charge in [0, 0.05) is 37.3 Å². The Hall–Kier alpha value is -3.88. The maximum absolute atomic E-state index is 12.8. The monoisotopic (exact) mass is 434 g/mol. The normalized spacial score (nSPS) is 19.5. The second-order valence-corrected chi connectivity index (χ2v) is 8.19. The standard InChI is InChI=1S/C23H22N4O5/c1-32-17-4-2-13-10-26(11-14(13)9-17)23(31)24-16-3-5-18-15(8-16)12-27(22(18)30)19-6-7-20(28)25-21(19)29/h2-5,8-9,19H,6-7,10-12H2,1H3,(H,24,31)(H,25,28,29). The molecule has 3 aliphatic heterocycles. The van der Waals surface area contributed by atoms with E-state index in [9.17, 15) is 19.2 Å². The van der Waals surface area contributed by atoms with E-state index in [0.29, 0.717) is 30.8 Å². The average Bonchev–Trinajstić information content (AvgIpc) is 3.34. The quantitative estimate of drug-likeness (QED) is 0.719. The smallest absolute Gasteiger partial charge is 0.322 e. The van der Waals surface area contributed by atoms with E-state index in [0.717, 1.165) is 22.4 Å². The van der Waals surface area contributed by atoms with Gasteiger partial charge in [0.25, 0.3) is 5.91 Å². The molecule has 1 atom stereocenters. The van der Waals surface area contributed by atoms with E-state index in [2.05, 4.69) is 10.6 Å². The number of methoxy groups -OCH3 is 1. The SMILES string of the molecule is COc1ccc2c(c1)CN(C(=O)Nc1ccc3c(c1)CN(C1CCC(=O)NC1=O)C3=O)C2. The van der Waals surface area contributed by atoms with Crippen molar-refractivity contribution in [2.75, 3.05) is 12.4 Å². The molecule has 5 rings (SSSR count). The van der Waals surface area contributed by atoms with Crippen LogP contribution in [-0.2, 0) is 29.2 Å². The van der Waals surface area contributed by atoms with Gasteiger partial charge in [-0.25, -0.2) is 4.79 Å². The average molecular weight is 434 g/mol. The Morgan fingerprint density at radius 3 is 2.62 bits per heavy atom. The van der Waals surface area contributed by atoms with Crippen molar-refractivity contribution in [2.24, 2.45) is 0 Å². The summed E-state index contributed by atoms with van der Waals surface area (Å²) in [6, 6.07) is 10.0. The highest BCUT2D eigenvalue weighted by Crippen LogP contribution is 2.31. The number of nitrogens with zero attached hydrogens (tertiary/aromatic N) is 2. The fourth-order valence-corrected chi connectivity index (χ4v) is 4.50. The number of carbonyl (C=O) groups is 4. The summed E-state index contributed by atoms with van der Waals surface area (Å²) in [4.78, 5) is 52.4. The number of amides is 5. The minimum atomic E-state index is -0.661. The molecule has 1 saturated heterocycles. The summed E-state index contributed by atoms with van der Waals surface area (Å²) in [6.45, 7) is 1.27. The number of anilines is 1. The van der Waals surface area contributed by atoms with Crippen molar-refractivity contribution < 1.29 is 23.9 Å². The van der Waals surface area contributed by atoms with Gasteiger partial charge in [-0.2, -0.15) is 0 Å². The highest BCUT2D eigenvalue weighted by molar-refractivity contribution is 6.05. The second-order valence-electron chi connectivity index (χ2n) is 8.19. The van der Waals surface area contributed by atoms with Crippen molar-refractivity contribution in [3.63, 3.8) is 0 Å². The van der Waals surface area contributed by atoms with Crippen LogP contribution >= 0.6 is 0 Å². The number of nitrogens with one attached hydrogen (secondary N) is 2. The molecule has 1 unspecified atom stereocenters. The van der Waals surface area contributed by atoms with Crippen LogP contribution in [0.3, 0.4) is 0 Å². The predicted octanol–water partition coefficient (Wildman–Crippen LogP) is 2.00. The summed E-state index contributed by atoms with van der Waals surface area (Å²) in [5.74, 6) is -0.241. The number of rotatable bonds is 3. The largest absolute Gasteiger partial charge is 0.497 e. The summed E-state index contributed by atoms with van der Waals surface area (Å²) in [7, 11) is 1.61. The topological polar surface area (TPSA) is 108 Å². The molecule has 3 aliphatic rings. The highest BCUT2D eigenvalue weighted by Gasteiger charge is 2.39. The molecule has 0 bridgehead atoms. The van der Waals surface area contributed by atoms with E-state index in [-0.39, 0.29) is 30.8 Å². The zero-order valence-electron chi connectivity index (χ0n) is 17.5. The zero-order valence-corrected chi connectivity index (χ0v) is 17.5. The third-order valence-electron chi connectivity index (χ3n) is 6.20. The number of urea groups is 1. The van der Waals surface area contributed by atoms with Gasteiger partial charge in [0.1, 0.15) is 11.8 Å². The van der Waals surface area contributed by atoms with E-state index in [4.69, 9.17) is 4.74 Å². The summed E-state index contributed by atoms with van der Waals surface area (Å²) < 4.78 is 5.25. The minimum absolute atomic E-state index is 0.210. The number of hydrogen-bond acceptors (Lipinski definition) is 5. The van der Waals surface area contributed by atoms with Gasteiger partial charge in [-0.1, -0.05) is 6.07 Å². The number of piperidine rings is 1. The van der Waals surface area contributed by atoms with Crippen molar-refractivity contribution in [3.05, 3.63) is 58.7 Å². The lowest BCUT2D eigenvalue weighted by molar-refractivity contribution is -0.136. The molecular weight excluding hydrogens is 412 g/mol. The van der Waals surface area contributed by atoms with Crippen LogP contribution in [0.5, 0.6) is 5.75 Å². The van der Waals surface area contributed by atoms with E-state index in [1.54, 1.807) is 30.2 Å². The van der Waals surface area contributed by atoms with Crippen LogP contribution in [0.4, 0.5) is 10.5 Å². The van der Waals surface area contributed by atoms with Crippen molar-refractivity contribution in [2.45, 2.75) is 38.5 Å². The summed E-state index contributed by atoms with van der Waals surface area (Å²) in [5.41, 5.74) is 3.97. The molecule has 0 saturated carbocycles. The zero-order chi connectivity index (χ0) is 22.4. The Morgan fingerprint density at radius 1 is 1.03 bits per heavy atom. The first-order valence-corrected chi connectivity index (χ1v) is 10.4. The molecular formula is C23H22N4O5. The molecule has 0 spiro atoms. The fraction of sp³-hybridized carbons (Fsp3) is 0.304. The fourth-order valence-electron chi connectivity index (χ4n) is 4.50. The van der Waals surface area contributed by atoms with Gasteiger partial charge in [0.15, 0.2) is 0 Å². The first kappa shape index (κ1) is 20.0. The molecule has 5 amide bonds. The van der Waals surface area contributed by atoms with Gasteiger partial charge in [-0.05, 0) is 53.4 Å². The Balaban J connectivity index is 1.27. The van der Waals surface area contributed by atoms with E-state index in [1.807, 2.05) is 18.2 Å². The second kappa shape index (κ2) is 7.67. The van der Waals surface area contributed by atoms with Crippen LogP contribution < -0.4 is 15.4 Å². The van der Waals surface area contributed by atoms with Crippen molar-refractivity contribution >= 4 is 29.4 Å². The molecule has 9 heteroatoms. The first-order valence-electron chi connectivity index (χ1n) is 10.4.